The molecule has 19 heavy (non-hydrogen) atoms. The van der Waals surface area contributed by atoms with Crippen LogP contribution in [0.1, 0.15) is 12.5 Å². The molecule has 0 amide bonds. The zero-order chi connectivity index (χ0) is 14.3. The number of aryl methyl sites for hydroxylation is 1. The average Bonchev–Trinajstić information content (AvgIpc) is 2.38. The van der Waals surface area contributed by atoms with Gasteiger partial charge < -0.3 is 15.6 Å². The van der Waals surface area contributed by atoms with Gasteiger partial charge in [-0.3, -0.25) is 0 Å². The first-order valence-corrected chi connectivity index (χ1v) is 7.56. The number of sulfonamides is 1. The minimum atomic E-state index is -3.57. The quantitative estimate of drug-likeness (QED) is 0.466. The number of nitrogens with one attached hydrogen (secondary N) is 1. The Balaban J connectivity index is 2.64. The van der Waals surface area contributed by atoms with Gasteiger partial charge in [-0.05, 0) is 24.1 Å². The van der Waals surface area contributed by atoms with Crippen LogP contribution in [0.25, 0.3) is 0 Å². The number of hydrogen-bond acceptors (Lipinski definition) is 5. The molecular weight excluding hydrogens is 268 g/mol. The molecule has 1 aromatic carbocycles. The Kier molecular flexibility index (Phi) is 6.23. The van der Waals surface area contributed by atoms with E-state index in [0.717, 1.165) is 12.0 Å². The van der Waals surface area contributed by atoms with Crippen molar-refractivity contribution in [3.05, 3.63) is 23.8 Å². The second kappa shape index (κ2) is 7.44. The van der Waals surface area contributed by atoms with Crippen molar-refractivity contribution >= 4 is 15.7 Å². The van der Waals surface area contributed by atoms with Crippen molar-refractivity contribution in [2.24, 2.45) is 0 Å². The lowest BCUT2D eigenvalue weighted by Crippen LogP contribution is -2.27. The minimum Gasteiger partial charge on any atom is -0.398 e. The Bertz CT molecular complexity index is 502. The summed E-state index contributed by atoms with van der Waals surface area (Å²) in [6.07, 6.45) is 0.759. The van der Waals surface area contributed by atoms with Crippen LogP contribution in [0.5, 0.6) is 0 Å². The minimum absolute atomic E-state index is 0.0816. The number of aliphatic hydroxyl groups is 1. The summed E-state index contributed by atoms with van der Waals surface area (Å²) in [4.78, 5) is 0.143. The van der Waals surface area contributed by atoms with Crippen LogP contribution in [0.3, 0.4) is 0 Å². The molecule has 0 saturated carbocycles. The lowest BCUT2D eigenvalue weighted by molar-refractivity contribution is 0.0961. The van der Waals surface area contributed by atoms with Crippen LogP contribution in [0, 0.1) is 0 Å². The van der Waals surface area contributed by atoms with Gasteiger partial charge in [-0.2, -0.15) is 0 Å². The predicted octanol–water partition coefficient (Wildman–Crippen LogP) is 0.118. The number of anilines is 1. The number of hydrogen-bond donors (Lipinski definition) is 3. The first-order valence-electron chi connectivity index (χ1n) is 6.08. The normalized spacial score (nSPS) is 11.7. The summed E-state index contributed by atoms with van der Waals surface area (Å²) >= 11 is 0. The van der Waals surface area contributed by atoms with E-state index >= 15 is 0 Å². The van der Waals surface area contributed by atoms with E-state index in [2.05, 4.69) is 4.72 Å². The highest BCUT2D eigenvalue weighted by atomic mass is 32.2. The van der Waals surface area contributed by atoms with Crippen molar-refractivity contribution in [1.82, 2.24) is 4.72 Å². The Morgan fingerprint density at radius 1 is 1.37 bits per heavy atom. The second-order valence-electron chi connectivity index (χ2n) is 3.95. The monoisotopic (exact) mass is 288 g/mol. The maximum absolute atomic E-state index is 11.9. The summed E-state index contributed by atoms with van der Waals surface area (Å²) in [5.74, 6) is 0. The number of nitrogen functional groups attached to an aromatic ring is 1. The van der Waals surface area contributed by atoms with Crippen LogP contribution in [0.15, 0.2) is 23.1 Å². The Hall–Kier alpha value is -1.15. The molecule has 0 bridgehead atoms. The van der Waals surface area contributed by atoms with Crippen molar-refractivity contribution in [2.75, 3.05) is 32.1 Å². The van der Waals surface area contributed by atoms with Gasteiger partial charge >= 0.3 is 0 Å². The Morgan fingerprint density at radius 2 is 2.11 bits per heavy atom. The van der Waals surface area contributed by atoms with E-state index in [9.17, 15) is 8.42 Å². The zero-order valence-corrected chi connectivity index (χ0v) is 11.7. The van der Waals surface area contributed by atoms with Crippen LogP contribution in [0.4, 0.5) is 5.69 Å². The molecule has 0 radical (unpaired) electrons. The van der Waals surface area contributed by atoms with Crippen LogP contribution >= 0.6 is 0 Å². The molecule has 1 rings (SSSR count). The number of benzene rings is 1. The fourth-order valence-corrected chi connectivity index (χ4v) is 2.61. The summed E-state index contributed by atoms with van der Waals surface area (Å²) in [6, 6.07) is 4.70. The largest absolute Gasteiger partial charge is 0.398 e. The third kappa shape index (κ3) is 4.79. The SMILES string of the molecule is CCc1ccc(S(=O)(=O)NCCOCCO)cc1N. The maximum atomic E-state index is 11.9. The molecule has 4 N–H and O–H groups in total. The molecule has 0 heterocycles. The second-order valence-corrected chi connectivity index (χ2v) is 5.71. The van der Waals surface area contributed by atoms with Gasteiger partial charge in [0.05, 0.1) is 24.7 Å². The smallest absolute Gasteiger partial charge is 0.240 e. The van der Waals surface area contributed by atoms with Crippen molar-refractivity contribution in [3.63, 3.8) is 0 Å². The molecule has 6 nitrogen and oxygen atoms in total. The summed E-state index contributed by atoms with van der Waals surface area (Å²) < 4.78 is 31.3. The van der Waals surface area contributed by atoms with Crippen molar-refractivity contribution in [1.29, 1.82) is 0 Å². The summed E-state index contributed by atoms with van der Waals surface area (Å²) in [7, 11) is -3.57. The lowest BCUT2D eigenvalue weighted by atomic mass is 10.1. The van der Waals surface area contributed by atoms with E-state index in [1.54, 1.807) is 6.07 Å². The van der Waals surface area contributed by atoms with Gasteiger partial charge in [0.15, 0.2) is 0 Å². The molecule has 108 valence electrons. The third-order valence-electron chi connectivity index (χ3n) is 2.58. The molecule has 0 aromatic heterocycles. The van der Waals surface area contributed by atoms with E-state index < -0.39 is 10.0 Å². The summed E-state index contributed by atoms with van der Waals surface area (Å²) in [6.45, 7) is 2.43. The van der Waals surface area contributed by atoms with E-state index in [1.807, 2.05) is 6.92 Å². The van der Waals surface area contributed by atoms with Crippen LogP contribution in [-0.2, 0) is 21.2 Å². The van der Waals surface area contributed by atoms with Crippen molar-refractivity contribution in [2.45, 2.75) is 18.2 Å². The fraction of sp³-hybridized carbons (Fsp3) is 0.500. The highest BCUT2D eigenvalue weighted by Crippen LogP contribution is 2.18. The molecule has 7 heteroatoms. The van der Waals surface area contributed by atoms with Crippen LogP contribution in [0.2, 0.25) is 0 Å². The molecule has 0 fully saturated rings. The molecule has 0 spiro atoms. The number of rotatable bonds is 8. The molecule has 0 saturated heterocycles. The average molecular weight is 288 g/mol. The van der Waals surface area contributed by atoms with Crippen LogP contribution < -0.4 is 10.5 Å². The Morgan fingerprint density at radius 3 is 2.68 bits per heavy atom. The van der Waals surface area contributed by atoms with Gasteiger partial charge in [0.25, 0.3) is 0 Å². The van der Waals surface area contributed by atoms with Gasteiger partial charge in [0, 0.05) is 12.2 Å². The number of aliphatic hydroxyl groups excluding tert-OH is 1. The standard InChI is InChI=1S/C12H20N2O4S/c1-2-10-3-4-11(9-12(10)13)19(16,17)14-5-7-18-8-6-15/h3-4,9,14-15H,2,5-8,13H2,1H3. The zero-order valence-electron chi connectivity index (χ0n) is 10.9. The molecule has 0 aliphatic rings. The number of ether oxygens (including phenoxy) is 1. The Labute approximate surface area is 113 Å². The van der Waals surface area contributed by atoms with Gasteiger partial charge in [-0.25, -0.2) is 13.1 Å². The highest BCUT2D eigenvalue weighted by Gasteiger charge is 2.14. The highest BCUT2D eigenvalue weighted by molar-refractivity contribution is 7.89. The summed E-state index contributed by atoms with van der Waals surface area (Å²) in [5, 5.41) is 8.51. The lowest BCUT2D eigenvalue weighted by Gasteiger charge is -2.09. The third-order valence-corrected chi connectivity index (χ3v) is 4.04. The van der Waals surface area contributed by atoms with E-state index in [1.165, 1.54) is 12.1 Å². The topological polar surface area (TPSA) is 102 Å². The van der Waals surface area contributed by atoms with Gasteiger partial charge in [-0.15, -0.1) is 0 Å². The molecule has 0 aliphatic carbocycles. The molecule has 0 aliphatic heterocycles. The van der Waals surface area contributed by atoms with Gasteiger partial charge in [-0.1, -0.05) is 13.0 Å². The molecule has 0 atom stereocenters. The molecular formula is C12H20N2O4S. The number of nitrogens with two attached hydrogens (primary N) is 1. The maximum Gasteiger partial charge on any atom is 0.240 e. The van der Waals surface area contributed by atoms with E-state index in [-0.39, 0.29) is 31.3 Å². The van der Waals surface area contributed by atoms with E-state index in [0.29, 0.717) is 5.69 Å². The van der Waals surface area contributed by atoms with Crippen molar-refractivity contribution in [3.8, 4) is 0 Å². The molecule has 1 aromatic rings. The molecule has 0 unspecified atom stereocenters. The van der Waals surface area contributed by atoms with Crippen molar-refractivity contribution < 1.29 is 18.3 Å². The van der Waals surface area contributed by atoms with Gasteiger partial charge in [0.1, 0.15) is 0 Å². The predicted molar refractivity (Wildman–Crippen MR) is 73.3 cm³/mol. The first-order chi connectivity index (χ1) is 9.01. The first kappa shape index (κ1) is 15.9. The fourth-order valence-electron chi connectivity index (χ4n) is 1.56. The van der Waals surface area contributed by atoms with E-state index in [4.69, 9.17) is 15.6 Å². The van der Waals surface area contributed by atoms with Crippen LogP contribution in [-0.4, -0.2) is 39.9 Å². The van der Waals surface area contributed by atoms with Gasteiger partial charge in [0.2, 0.25) is 10.0 Å². The summed E-state index contributed by atoms with van der Waals surface area (Å²) in [5.41, 5.74) is 7.17.